The van der Waals surface area contributed by atoms with Crippen molar-refractivity contribution in [2.75, 3.05) is 0 Å². The Hall–Kier alpha value is -2.22. The van der Waals surface area contributed by atoms with Gasteiger partial charge in [0.1, 0.15) is 0 Å². The molecule has 6 aromatic rings. The first-order valence-corrected chi connectivity index (χ1v) is 24.4. The number of hydrogen-bond donors (Lipinski definition) is 0. The van der Waals surface area contributed by atoms with Crippen LogP contribution in [0.2, 0.25) is 13.1 Å². The molecular formula is C46H54Cl2SiZr-2. The number of fused-ring (bicyclic) bond motifs is 2. The topological polar surface area (TPSA) is 0 Å². The molecular weight excluding hydrogens is 743 g/mol. The second kappa shape index (κ2) is 20.1. The summed E-state index contributed by atoms with van der Waals surface area (Å²) in [4.78, 5) is 0. The van der Waals surface area contributed by atoms with Crippen LogP contribution in [0, 0.1) is 6.92 Å². The van der Waals surface area contributed by atoms with Gasteiger partial charge in [-0.15, -0.1) is 69.1 Å². The predicted octanol–water partition coefficient (Wildman–Crippen LogP) is 8.24. The maximum Gasteiger partial charge on any atom is -0.0162 e. The summed E-state index contributed by atoms with van der Waals surface area (Å²) in [5.74, 6) is 2.00. The van der Waals surface area contributed by atoms with Gasteiger partial charge in [-0.05, 0) is 52.8 Å². The third-order valence-electron chi connectivity index (χ3n) is 10.0. The van der Waals surface area contributed by atoms with Gasteiger partial charge < -0.3 is 24.8 Å². The molecule has 0 heterocycles. The molecule has 0 saturated heterocycles. The van der Waals surface area contributed by atoms with E-state index in [0.717, 1.165) is 5.92 Å². The Labute approximate surface area is 330 Å². The van der Waals surface area contributed by atoms with Crippen LogP contribution in [0.5, 0.6) is 0 Å². The van der Waals surface area contributed by atoms with Gasteiger partial charge in [0.05, 0.1) is 0 Å². The van der Waals surface area contributed by atoms with Crippen LogP contribution in [0.25, 0.3) is 43.8 Å². The number of halogens is 2. The average molecular weight is 797 g/mol. The monoisotopic (exact) mass is 794 g/mol. The molecule has 0 spiro atoms. The van der Waals surface area contributed by atoms with Gasteiger partial charge in [0.2, 0.25) is 0 Å². The quantitative estimate of drug-likeness (QED) is 0.118. The molecule has 1 atom stereocenters. The molecule has 1 saturated carbocycles. The van der Waals surface area contributed by atoms with Crippen molar-refractivity contribution in [3.05, 3.63) is 131 Å². The Morgan fingerprint density at radius 2 is 1.20 bits per heavy atom. The second-order valence-electron chi connectivity index (χ2n) is 14.5. The summed E-state index contributed by atoms with van der Waals surface area (Å²) in [6.07, 6.45) is 8.16. The first kappa shape index (κ1) is 42.2. The van der Waals surface area contributed by atoms with Crippen molar-refractivity contribution in [3.63, 3.8) is 0 Å². The van der Waals surface area contributed by atoms with Gasteiger partial charge in [0, 0.05) is 0 Å². The molecule has 0 radical (unpaired) electrons. The zero-order valence-electron chi connectivity index (χ0n) is 31.1. The second-order valence-corrected chi connectivity index (χ2v) is 23.9. The predicted molar refractivity (Wildman–Crippen MR) is 211 cm³/mol. The van der Waals surface area contributed by atoms with Crippen LogP contribution in [0.1, 0.15) is 106 Å². The van der Waals surface area contributed by atoms with Crippen molar-refractivity contribution in [3.8, 4) is 22.3 Å². The van der Waals surface area contributed by atoms with Crippen molar-refractivity contribution in [1.82, 2.24) is 0 Å². The molecule has 1 fully saturated rings. The van der Waals surface area contributed by atoms with Gasteiger partial charge in [0.15, 0.2) is 0 Å². The molecule has 0 amide bonds. The van der Waals surface area contributed by atoms with Crippen LogP contribution in [-0.4, -0.2) is 5.43 Å². The molecule has 50 heavy (non-hydrogen) atoms. The number of rotatable bonds is 6. The van der Waals surface area contributed by atoms with Crippen LogP contribution in [0.3, 0.4) is 0 Å². The number of aryl methyl sites for hydroxylation is 1. The van der Waals surface area contributed by atoms with E-state index in [1.165, 1.54) is 105 Å². The number of hydrogen-bond acceptors (Lipinski definition) is 0. The molecule has 1 unspecified atom stereocenters. The zero-order chi connectivity index (χ0) is 34.2. The summed E-state index contributed by atoms with van der Waals surface area (Å²) in [7, 11) is 0. The normalized spacial score (nSPS) is 13.4. The van der Waals surface area contributed by atoms with Crippen molar-refractivity contribution in [2.45, 2.75) is 104 Å². The maximum absolute atomic E-state index is 2.38. The average Bonchev–Trinajstić information content (AvgIpc) is 3.71. The third-order valence-corrected chi connectivity index (χ3v) is 10.0. The minimum absolute atomic E-state index is 0. The molecule has 4 heteroatoms. The van der Waals surface area contributed by atoms with Crippen molar-refractivity contribution in [2.24, 2.45) is 0 Å². The fourth-order valence-corrected chi connectivity index (χ4v) is 7.08. The summed E-state index contributed by atoms with van der Waals surface area (Å²) in [6.45, 7) is 15.8. The van der Waals surface area contributed by atoms with Gasteiger partial charge in [0.25, 0.3) is 0 Å². The van der Waals surface area contributed by atoms with E-state index >= 15 is 0 Å². The van der Waals surface area contributed by atoms with E-state index in [0.29, 0.717) is 11.8 Å². The molecule has 1 aliphatic carbocycles. The zero-order valence-corrected chi connectivity index (χ0v) is 36.1. The maximum atomic E-state index is 2.38. The Kier molecular flexibility index (Phi) is 17.0. The van der Waals surface area contributed by atoms with Crippen LogP contribution in [0.4, 0.5) is 0 Å². The molecule has 1 aliphatic rings. The fourth-order valence-electron chi connectivity index (χ4n) is 7.08. The molecule has 262 valence electrons. The van der Waals surface area contributed by atoms with Crippen molar-refractivity contribution in [1.29, 1.82) is 0 Å². The summed E-state index contributed by atoms with van der Waals surface area (Å²) < 4.78 is 0. The van der Waals surface area contributed by atoms with Gasteiger partial charge in [-0.25, -0.2) is 0 Å². The molecule has 0 nitrogen and oxygen atoms in total. The van der Waals surface area contributed by atoms with Crippen LogP contribution in [-0.2, 0) is 23.3 Å². The molecule has 7 rings (SSSR count). The van der Waals surface area contributed by atoms with Crippen LogP contribution >= 0.6 is 0 Å². The van der Waals surface area contributed by atoms with Crippen molar-refractivity contribution < 1.29 is 48.1 Å². The number of benzene rings is 4. The van der Waals surface area contributed by atoms with E-state index in [4.69, 9.17) is 0 Å². The molecule has 0 aromatic heterocycles. The minimum Gasteiger partial charge on any atom is -1.00 e. The van der Waals surface area contributed by atoms with E-state index in [9.17, 15) is 0 Å². The summed E-state index contributed by atoms with van der Waals surface area (Å²) in [5, 5.41) is 5.48. The summed E-state index contributed by atoms with van der Waals surface area (Å²) in [6, 6.07) is 41.0. The van der Waals surface area contributed by atoms with E-state index in [-0.39, 0.29) is 30.2 Å². The molecule has 0 aliphatic heterocycles. The Bertz CT molecular complexity index is 1920. The first-order valence-electron chi connectivity index (χ1n) is 18.2. The van der Waals surface area contributed by atoms with E-state index in [1.54, 1.807) is 23.3 Å². The first-order chi connectivity index (χ1) is 23.1. The van der Waals surface area contributed by atoms with Gasteiger partial charge >= 0.3 is 41.9 Å². The summed E-state index contributed by atoms with van der Waals surface area (Å²) in [5.41, 5.74) is 11.3. The summed E-state index contributed by atoms with van der Waals surface area (Å²) >= 11 is 1.74. The molecule has 0 bridgehead atoms. The van der Waals surface area contributed by atoms with E-state index in [2.05, 4.69) is 157 Å². The molecule has 0 N–H and O–H groups in total. The van der Waals surface area contributed by atoms with E-state index in [1.807, 2.05) is 0 Å². The van der Waals surface area contributed by atoms with Crippen LogP contribution < -0.4 is 24.8 Å². The van der Waals surface area contributed by atoms with Crippen LogP contribution in [0.15, 0.2) is 109 Å². The largest absolute Gasteiger partial charge is 1.00 e. The van der Waals surface area contributed by atoms with Gasteiger partial charge in [-0.3, -0.25) is 0 Å². The fraction of sp³-hybridized carbons (Fsp3) is 0.348. The Balaban J connectivity index is 0.000000236. The van der Waals surface area contributed by atoms with Gasteiger partial charge in [-0.2, -0.15) is 12.1 Å². The third kappa shape index (κ3) is 10.9. The SMILES string of the molecule is CCC(C)c1cc2c(-c3ccc(C(C)C)cc3)cccc2[cH-]1.C[Si](C)=[Zr+2].Cc1cc2c(-c3ccc(C4CCCCC4)cc3)cccc2[cH-]1.[Cl-].[Cl-]. The molecule has 6 aromatic carbocycles. The minimum atomic E-state index is 0. The van der Waals surface area contributed by atoms with Gasteiger partial charge in [-0.1, -0.05) is 132 Å². The van der Waals surface area contributed by atoms with E-state index < -0.39 is 0 Å². The Morgan fingerprint density at radius 3 is 1.72 bits per heavy atom. The smallest absolute Gasteiger partial charge is 0.0162 e. The van der Waals surface area contributed by atoms with Crippen molar-refractivity contribution >= 4 is 27.0 Å². The standard InChI is InChI=1S/C22H23.C22H25.C2H6Si.2ClH.Zr/c1-16-14-20-8-5-9-21(22(20)15-16)19-12-10-18(11-13-19)17-6-3-2-4-7-17;1-5-16(4)20-13-19-7-6-8-21(22(19)14-20)18-11-9-17(10-12-18)15(2)3;1-3-2;;;/h5,8-15,17H,2-4,6-7H2,1H3;6-16H,5H2,1-4H3;1-2H3;2*1H;/q2*-1;;;;+2/p-2. The Morgan fingerprint density at radius 1 is 0.700 bits per heavy atom.